The van der Waals surface area contributed by atoms with Crippen LogP contribution in [-0.4, -0.2) is 67.1 Å². The van der Waals surface area contributed by atoms with Gasteiger partial charge in [0.15, 0.2) is 0 Å². The first kappa shape index (κ1) is 14.1. The monoisotopic (exact) mass is 294 g/mol. The highest BCUT2D eigenvalue weighted by molar-refractivity contribution is 6.31. The Balaban J connectivity index is 1.63. The van der Waals surface area contributed by atoms with E-state index in [2.05, 4.69) is 26.7 Å². The van der Waals surface area contributed by atoms with Crippen LogP contribution in [0.25, 0.3) is 0 Å². The van der Waals surface area contributed by atoms with Gasteiger partial charge >= 0.3 is 0 Å². The smallest absolute Gasteiger partial charge is 0.128 e. The maximum Gasteiger partial charge on any atom is 0.128 e. The molecule has 1 aromatic heterocycles. The lowest BCUT2D eigenvalue weighted by Crippen LogP contribution is -2.49. The van der Waals surface area contributed by atoms with Gasteiger partial charge < -0.3 is 9.80 Å². The molecule has 2 saturated heterocycles. The van der Waals surface area contributed by atoms with Crippen LogP contribution in [0.1, 0.15) is 12.1 Å². The molecule has 0 aromatic carbocycles. The Kier molecular flexibility index (Phi) is 4.15. The highest BCUT2D eigenvalue weighted by Crippen LogP contribution is 2.24. The number of hydrogen-bond acceptors (Lipinski definition) is 4. The van der Waals surface area contributed by atoms with Crippen molar-refractivity contribution in [2.45, 2.75) is 19.4 Å². The van der Waals surface area contributed by atoms with Gasteiger partial charge in [-0.05, 0) is 32.5 Å². The van der Waals surface area contributed by atoms with Crippen molar-refractivity contribution in [3.8, 4) is 0 Å². The molecule has 0 bridgehead atoms. The van der Waals surface area contributed by atoms with Crippen molar-refractivity contribution in [2.24, 2.45) is 0 Å². The maximum atomic E-state index is 6.06. The molecule has 5 heteroatoms. The number of rotatable bonds is 2. The Labute approximate surface area is 126 Å². The summed E-state index contributed by atoms with van der Waals surface area (Å²) in [5, 5.41) is 0.753. The predicted octanol–water partition coefficient (Wildman–Crippen LogP) is 1.87. The second-order valence-corrected chi connectivity index (χ2v) is 6.37. The Morgan fingerprint density at radius 1 is 1.15 bits per heavy atom. The molecular weight excluding hydrogens is 272 g/mol. The first-order chi connectivity index (χ1) is 9.63. The van der Waals surface area contributed by atoms with Crippen LogP contribution in [0.3, 0.4) is 0 Å². The van der Waals surface area contributed by atoms with Crippen molar-refractivity contribution >= 4 is 17.4 Å². The third-order valence-corrected chi connectivity index (χ3v) is 4.95. The van der Waals surface area contributed by atoms with Crippen LogP contribution in [0.15, 0.2) is 12.1 Å². The van der Waals surface area contributed by atoms with Gasteiger partial charge in [0.2, 0.25) is 0 Å². The van der Waals surface area contributed by atoms with Gasteiger partial charge in [0.25, 0.3) is 0 Å². The van der Waals surface area contributed by atoms with E-state index in [0.717, 1.165) is 29.6 Å². The van der Waals surface area contributed by atoms with Crippen molar-refractivity contribution in [2.75, 3.05) is 51.2 Å². The third kappa shape index (κ3) is 2.92. The van der Waals surface area contributed by atoms with Crippen LogP contribution >= 0.6 is 11.6 Å². The van der Waals surface area contributed by atoms with Gasteiger partial charge in [-0.1, -0.05) is 11.6 Å². The zero-order valence-corrected chi connectivity index (χ0v) is 13.1. The van der Waals surface area contributed by atoms with Crippen LogP contribution in [0.5, 0.6) is 0 Å². The highest BCUT2D eigenvalue weighted by Gasteiger charge is 2.29. The van der Waals surface area contributed by atoms with E-state index in [4.69, 9.17) is 11.6 Å². The zero-order valence-electron chi connectivity index (χ0n) is 12.3. The molecule has 0 aliphatic carbocycles. The summed E-state index contributed by atoms with van der Waals surface area (Å²) in [7, 11) is 2.21. The lowest BCUT2D eigenvalue weighted by molar-refractivity contribution is 0.120. The molecule has 1 unspecified atom stereocenters. The van der Waals surface area contributed by atoms with Gasteiger partial charge in [0.1, 0.15) is 5.82 Å². The summed E-state index contributed by atoms with van der Waals surface area (Å²) in [6.07, 6.45) is 1.24. The number of aromatic nitrogens is 1. The molecule has 3 heterocycles. The van der Waals surface area contributed by atoms with E-state index >= 15 is 0 Å². The van der Waals surface area contributed by atoms with Gasteiger partial charge in [-0.2, -0.15) is 0 Å². The standard InChI is InChI=1S/C15H23ClN4/c1-12-14(16)3-4-15(17-12)20-6-5-13(11-20)19-9-7-18(2)8-10-19/h3-4,13H,5-11H2,1-2H3. The summed E-state index contributed by atoms with van der Waals surface area (Å²) in [6, 6.07) is 4.69. The molecular formula is C15H23ClN4. The second-order valence-electron chi connectivity index (χ2n) is 5.96. The lowest BCUT2D eigenvalue weighted by Gasteiger charge is -2.36. The molecule has 0 saturated carbocycles. The number of pyridine rings is 1. The molecule has 0 radical (unpaired) electrons. The third-order valence-electron chi connectivity index (χ3n) is 4.55. The van der Waals surface area contributed by atoms with Crippen LogP contribution < -0.4 is 4.90 Å². The Morgan fingerprint density at radius 3 is 2.60 bits per heavy atom. The van der Waals surface area contributed by atoms with Crippen molar-refractivity contribution in [3.63, 3.8) is 0 Å². The summed E-state index contributed by atoms with van der Waals surface area (Å²) < 4.78 is 0. The van der Waals surface area contributed by atoms with Crippen LogP contribution in [0, 0.1) is 6.92 Å². The van der Waals surface area contributed by atoms with Gasteiger partial charge in [0.05, 0.1) is 10.7 Å². The number of hydrogen-bond donors (Lipinski definition) is 0. The van der Waals surface area contributed by atoms with Crippen molar-refractivity contribution in [3.05, 3.63) is 22.8 Å². The number of likely N-dealkylation sites (N-methyl/N-ethyl adjacent to an activating group) is 1. The van der Waals surface area contributed by atoms with E-state index < -0.39 is 0 Å². The molecule has 4 nitrogen and oxygen atoms in total. The Bertz CT molecular complexity index is 471. The fraction of sp³-hybridized carbons (Fsp3) is 0.667. The number of halogens is 1. The summed E-state index contributed by atoms with van der Waals surface area (Å²) >= 11 is 6.06. The van der Waals surface area contributed by atoms with E-state index in [1.54, 1.807) is 0 Å². The van der Waals surface area contributed by atoms with E-state index in [0.29, 0.717) is 6.04 Å². The summed E-state index contributed by atoms with van der Waals surface area (Å²) in [5.74, 6) is 1.07. The number of aryl methyl sites for hydroxylation is 1. The van der Waals surface area contributed by atoms with Crippen LogP contribution in [0.2, 0.25) is 5.02 Å². The Morgan fingerprint density at radius 2 is 1.90 bits per heavy atom. The molecule has 2 aliphatic heterocycles. The molecule has 2 fully saturated rings. The topological polar surface area (TPSA) is 22.6 Å². The zero-order chi connectivity index (χ0) is 14.1. The summed E-state index contributed by atoms with van der Waals surface area (Å²) in [4.78, 5) is 12.1. The van der Waals surface area contributed by atoms with E-state index in [1.807, 2.05) is 19.1 Å². The number of piperazine rings is 1. The van der Waals surface area contributed by atoms with E-state index in [-0.39, 0.29) is 0 Å². The Hall–Kier alpha value is -0.840. The molecule has 2 aliphatic rings. The molecule has 0 N–H and O–H groups in total. The average Bonchev–Trinajstić information content (AvgIpc) is 2.92. The van der Waals surface area contributed by atoms with Gasteiger partial charge in [-0.15, -0.1) is 0 Å². The highest BCUT2D eigenvalue weighted by atomic mass is 35.5. The minimum absolute atomic E-state index is 0.682. The van der Waals surface area contributed by atoms with Crippen LogP contribution in [-0.2, 0) is 0 Å². The maximum absolute atomic E-state index is 6.06. The fourth-order valence-electron chi connectivity index (χ4n) is 3.14. The predicted molar refractivity (Wildman–Crippen MR) is 83.7 cm³/mol. The van der Waals surface area contributed by atoms with Crippen molar-refractivity contribution < 1.29 is 0 Å². The van der Waals surface area contributed by atoms with E-state index in [1.165, 1.54) is 32.6 Å². The molecule has 20 heavy (non-hydrogen) atoms. The van der Waals surface area contributed by atoms with Gasteiger partial charge in [-0.3, -0.25) is 4.90 Å². The largest absolute Gasteiger partial charge is 0.355 e. The first-order valence-corrected chi connectivity index (χ1v) is 7.82. The van der Waals surface area contributed by atoms with Gasteiger partial charge in [-0.25, -0.2) is 4.98 Å². The lowest BCUT2D eigenvalue weighted by atomic mass is 10.2. The molecule has 1 aromatic rings. The minimum atomic E-state index is 0.682. The van der Waals surface area contributed by atoms with Gasteiger partial charge in [0, 0.05) is 45.3 Å². The average molecular weight is 295 g/mol. The minimum Gasteiger partial charge on any atom is -0.355 e. The van der Waals surface area contributed by atoms with Crippen LogP contribution in [0.4, 0.5) is 5.82 Å². The summed E-state index contributed by atoms with van der Waals surface area (Å²) in [5.41, 5.74) is 0.923. The fourth-order valence-corrected chi connectivity index (χ4v) is 3.25. The molecule has 3 rings (SSSR count). The molecule has 110 valence electrons. The van der Waals surface area contributed by atoms with Crippen molar-refractivity contribution in [1.82, 2.24) is 14.8 Å². The quantitative estimate of drug-likeness (QED) is 0.830. The van der Waals surface area contributed by atoms with Crippen molar-refractivity contribution in [1.29, 1.82) is 0 Å². The molecule has 0 amide bonds. The number of anilines is 1. The first-order valence-electron chi connectivity index (χ1n) is 7.44. The molecule has 0 spiro atoms. The SMILES string of the molecule is Cc1nc(N2CCC(N3CCN(C)CC3)C2)ccc1Cl. The second kappa shape index (κ2) is 5.88. The molecule has 1 atom stereocenters. The number of nitrogens with zero attached hydrogens (tertiary/aromatic N) is 4. The normalized spacial score (nSPS) is 25.4. The van der Waals surface area contributed by atoms with E-state index in [9.17, 15) is 0 Å². The summed E-state index contributed by atoms with van der Waals surface area (Å²) in [6.45, 7) is 8.94.